The molecule has 0 aliphatic heterocycles. The second-order valence-electron chi connectivity index (χ2n) is 9.25. The Labute approximate surface area is 198 Å². The van der Waals surface area contributed by atoms with E-state index in [1.807, 2.05) is 0 Å². The number of hydrogen-bond donors (Lipinski definition) is 1. The van der Waals surface area contributed by atoms with Crippen molar-refractivity contribution in [3.05, 3.63) is 0 Å². The van der Waals surface area contributed by atoms with Crippen LogP contribution >= 0.6 is 22.6 Å². The van der Waals surface area contributed by atoms with Gasteiger partial charge in [-0.15, -0.1) is 0 Å². The third-order valence-electron chi connectivity index (χ3n) is 6.29. The highest BCUT2D eigenvalue weighted by Gasteiger charge is 1.96. The SMILES string of the molecule is OCCCCCCCCCCCCCCCCCCCCCCCCCCCI. The largest absolute Gasteiger partial charge is 0.396 e. The Morgan fingerprint density at radius 1 is 0.276 bits per heavy atom. The van der Waals surface area contributed by atoms with Crippen molar-refractivity contribution < 1.29 is 5.11 Å². The van der Waals surface area contributed by atoms with Gasteiger partial charge in [-0.25, -0.2) is 0 Å². The molecule has 0 saturated carbocycles. The summed E-state index contributed by atoms with van der Waals surface area (Å²) < 4.78 is 1.34. The topological polar surface area (TPSA) is 20.2 Å². The molecular weight excluding hydrogens is 467 g/mol. The number of halogens is 1. The molecule has 0 heterocycles. The normalized spacial score (nSPS) is 11.4. The summed E-state index contributed by atoms with van der Waals surface area (Å²) in [6, 6.07) is 0. The molecule has 0 aromatic heterocycles. The molecule has 0 atom stereocenters. The van der Waals surface area contributed by atoms with E-state index in [1.54, 1.807) is 0 Å². The molecule has 0 rings (SSSR count). The first kappa shape index (κ1) is 29.7. The lowest BCUT2D eigenvalue weighted by atomic mass is 10.0. The van der Waals surface area contributed by atoms with Gasteiger partial charge in [0, 0.05) is 6.61 Å². The van der Waals surface area contributed by atoms with E-state index in [-0.39, 0.29) is 0 Å². The molecule has 29 heavy (non-hydrogen) atoms. The minimum Gasteiger partial charge on any atom is -0.396 e. The Morgan fingerprint density at radius 2 is 0.448 bits per heavy atom. The van der Waals surface area contributed by atoms with Crippen molar-refractivity contribution in [2.24, 2.45) is 0 Å². The average Bonchev–Trinajstić information content (AvgIpc) is 2.74. The van der Waals surface area contributed by atoms with E-state index in [0.717, 1.165) is 6.42 Å². The van der Waals surface area contributed by atoms with Gasteiger partial charge in [0.15, 0.2) is 0 Å². The fourth-order valence-corrected chi connectivity index (χ4v) is 4.81. The molecule has 2 heteroatoms. The molecule has 0 bridgehead atoms. The zero-order valence-electron chi connectivity index (χ0n) is 19.9. The van der Waals surface area contributed by atoms with Crippen molar-refractivity contribution in [3.8, 4) is 0 Å². The summed E-state index contributed by atoms with van der Waals surface area (Å²) in [5.41, 5.74) is 0. The Morgan fingerprint density at radius 3 is 0.621 bits per heavy atom. The molecule has 0 spiro atoms. The van der Waals surface area contributed by atoms with Crippen molar-refractivity contribution >= 4 is 22.6 Å². The highest BCUT2D eigenvalue weighted by molar-refractivity contribution is 14.1. The highest BCUT2D eigenvalue weighted by atomic mass is 127. The quantitative estimate of drug-likeness (QED) is 0.0681. The maximum Gasteiger partial charge on any atom is 0.0431 e. The summed E-state index contributed by atoms with van der Waals surface area (Å²) >= 11 is 2.49. The van der Waals surface area contributed by atoms with Crippen molar-refractivity contribution in [2.75, 3.05) is 11.0 Å². The number of aliphatic hydroxyl groups excluding tert-OH is 1. The Hall–Kier alpha value is 0.690. The number of alkyl halides is 1. The lowest BCUT2D eigenvalue weighted by Gasteiger charge is -2.04. The molecule has 1 N–H and O–H groups in total. The second kappa shape index (κ2) is 28.7. The molecule has 0 aromatic carbocycles. The first-order valence-electron chi connectivity index (χ1n) is 13.6. The first-order valence-corrected chi connectivity index (χ1v) is 15.1. The van der Waals surface area contributed by atoms with Gasteiger partial charge >= 0.3 is 0 Å². The fourth-order valence-electron chi connectivity index (χ4n) is 4.27. The minimum absolute atomic E-state index is 0.374. The Kier molecular flexibility index (Phi) is 29.4. The molecule has 0 radical (unpaired) electrons. The molecule has 1 nitrogen and oxygen atoms in total. The van der Waals surface area contributed by atoms with Crippen molar-refractivity contribution in [3.63, 3.8) is 0 Å². The monoisotopic (exact) mass is 522 g/mol. The standard InChI is InChI=1S/C27H55IO/c28-26-24-22-20-18-16-14-12-10-8-6-4-2-1-3-5-7-9-11-13-15-17-19-21-23-25-27-29/h29H,1-27H2. The molecule has 0 amide bonds. The number of unbranched alkanes of at least 4 members (excludes halogenated alkanes) is 24. The fraction of sp³-hybridized carbons (Fsp3) is 1.00. The van der Waals surface area contributed by atoms with Gasteiger partial charge < -0.3 is 5.11 Å². The predicted octanol–water partition coefficient (Wildman–Crippen LogP) is 10.2. The molecule has 176 valence electrons. The van der Waals surface area contributed by atoms with E-state index in [9.17, 15) is 0 Å². The lowest BCUT2D eigenvalue weighted by molar-refractivity contribution is 0.282. The summed E-state index contributed by atoms with van der Waals surface area (Å²) in [7, 11) is 0. The highest BCUT2D eigenvalue weighted by Crippen LogP contribution is 2.15. The van der Waals surface area contributed by atoms with Crippen LogP contribution in [0.1, 0.15) is 161 Å². The van der Waals surface area contributed by atoms with Crippen LogP contribution in [-0.4, -0.2) is 16.1 Å². The molecule has 0 aliphatic carbocycles. The second-order valence-corrected chi connectivity index (χ2v) is 10.3. The van der Waals surface area contributed by atoms with Crippen LogP contribution in [0.25, 0.3) is 0 Å². The van der Waals surface area contributed by atoms with E-state index in [4.69, 9.17) is 5.11 Å². The number of hydrogen-bond acceptors (Lipinski definition) is 1. The molecular formula is C27H55IO. The zero-order valence-corrected chi connectivity index (χ0v) is 22.1. The van der Waals surface area contributed by atoms with E-state index in [0.29, 0.717) is 6.61 Å². The van der Waals surface area contributed by atoms with Gasteiger partial charge in [-0.05, 0) is 17.3 Å². The van der Waals surface area contributed by atoms with Crippen molar-refractivity contribution in [1.29, 1.82) is 0 Å². The van der Waals surface area contributed by atoms with Crippen LogP contribution < -0.4 is 0 Å². The van der Waals surface area contributed by atoms with E-state index in [2.05, 4.69) is 22.6 Å². The summed E-state index contributed by atoms with van der Waals surface area (Å²) in [6.07, 6.45) is 35.7. The summed E-state index contributed by atoms with van der Waals surface area (Å²) in [5, 5.41) is 8.75. The van der Waals surface area contributed by atoms with Gasteiger partial charge in [-0.1, -0.05) is 170 Å². The number of rotatable bonds is 26. The van der Waals surface area contributed by atoms with Crippen LogP contribution in [0.3, 0.4) is 0 Å². The zero-order chi connectivity index (χ0) is 21.1. The Balaban J connectivity index is 2.97. The van der Waals surface area contributed by atoms with E-state index in [1.165, 1.54) is 159 Å². The van der Waals surface area contributed by atoms with Gasteiger partial charge in [0.25, 0.3) is 0 Å². The van der Waals surface area contributed by atoms with Gasteiger partial charge in [-0.3, -0.25) is 0 Å². The summed E-state index contributed by atoms with van der Waals surface area (Å²) in [6.45, 7) is 0.374. The minimum atomic E-state index is 0.374. The average molecular weight is 523 g/mol. The third kappa shape index (κ3) is 28.7. The summed E-state index contributed by atoms with van der Waals surface area (Å²) in [5.74, 6) is 0. The lowest BCUT2D eigenvalue weighted by Crippen LogP contribution is -1.85. The maximum atomic E-state index is 8.75. The predicted molar refractivity (Wildman–Crippen MR) is 141 cm³/mol. The maximum absolute atomic E-state index is 8.75. The van der Waals surface area contributed by atoms with Gasteiger partial charge in [0.05, 0.1) is 0 Å². The van der Waals surface area contributed by atoms with Crippen LogP contribution in [0, 0.1) is 0 Å². The van der Waals surface area contributed by atoms with Crippen LogP contribution in [0.2, 0.25) is 0 Å². The van der Waals surface area contributed by atoms with Crippen molar-refractivity contribution in [2.45, 2.75) is 161 Å². The van der Waals surface area contributed by atoms with Crippen LogP contribution in [0.15, 0.2) is 0 Å². The van der Waals surface area contributed by atoms with Gasteiger partial charge in [0.2, 0.25) is 0 Å². The molecule has 0 aromatic rings. The van der Waals surface area contributed by atoms with Gasteiger partial charge in [0.1, 0.15) is 0 Å². The summed E-state index contributed by atoms with van der Waals surface area (Å²) in [4.78, 5) is 0. The van der Waals surface area contributed by atoms with Crippen molar-refractivity contribution in [1.82, 2.24) is 0 Å². The van der Waals surface area contributed by atoms with Crippen LogP contribution in [0.4, 0.5) is 0 Å². The third-order valence-corrected chi connectivity index (χ3v) is 7.05. The van der Waals surface area contributed by atoms with Gasteiger partial charge in [-0.2, -0.15) is 0 Å². The molecule has 0 fully saturated rings. The number of aliphatic hydroxyl groups is 1. The van der Waals surface area contributed by atoms with Crippen LogP contribution in [0.5, 0.6) is 0 Å². The van der Waals surface area contributed by atoms with Crippen LogP contribution in [-0.2, 0) is 0 Å². The smallest absolute Gasteiger partial charge is 0.0431 e. The molecule has 0 saturated heterocycles. The van der Waals surface area contributed by atoms with E-state index < -0.39 is 0 Å². The first-order chi connectivity index (χ1) is 14.4. The van der Waals surface area contributed by atoms with E-state index >= 15 is 0 Å². The molecule has 0 aliphatic rings. The Bertz CT molecular complexity index is 243. The molecule has 0 unspecified atom stereocenters.